The summed E-state index contributed by atoms with van der Waals surface area (Å²) in [6, 6.07) is 9.29. The Morgan fingerprint density at radius 1 is 1.08 bits per heavy atom. The van der Waals surface area contributed by atoms with Crippen LogP contribution < -0.4 is 0 Å². The van der Waals surface area contributed by atoms with E-state index in [4.69, 9.17) is 9.47 Å². The van der Waals surface area contributed by atoms with Gasteiger partial charge in [-0.1, -0.05) is 50.1 Å². The monoisotopic (exact) mass is 362 g/mol. The Labute approximate surface area is 153 Å². The molecule has 0 radical (unpaired) electrons. The maximum atomic E-state index is 12.5. The molecule has 0 bridgehead atoms. The fraction of sp³-hybridized carbons (Fsp3) is 0.550. The predicted molar refractivity (Wildman–Crippen MR) is 93.7 cm³/mol. The van der Waals surface area contributed by atoms with Crippen LogP contribution in [0, 0.1) is 11.8 Å². The van der Waals surface area contributed by atoms with E-state index in [0.717, 1.165) is 18.4 Å². The van der Waals surface area contributed by atoms with Gasteiger partial charge >= 0.3 is 17.9 Å². The summed E-state index contributed by atoms with van der Waals surface area (Å²) in [6.07, 6.45) is 2.71. The van der Waals surface area contributed by atoms with Gasteiger partial charge in [0.1, 0.15) is 6.61 Å². The zero-order valence-corrected chi connectivity index (χ0v) is 15.3. The van der Waals surface area contributed by atoms with Crippen LogP contribution in [0.15, 0.2) is 30.3 Å². The summed E-state index contributed by atoms with van der Waals surface area (Å²) < 4.78 is 10.2. The van der Waals surface area contributed by atoms with Crippen LogP contribution in [0.3, 0.4) is 0 Å². The second kappa shape index (κ2) is 8.94. The van der Waals surface area contributed by atoms with E-state index in [0.29, 0.717) is 12.8 Å². The van der Waals surface area contributed by atoms with Crippen molar-refractivity contribution < 1.29 is 29.0 Å². The van der Waals surface area contributed by atoms with E-state index >= 15 is 0 Å². The van der Waals surface area contributed by atoms with Crippen LogP contribution in [0.2, 0.25) is 0 Å². The van der Waals surface area contributed by atoms with Crippen LogP contribution in [0.1, 0.15) is 51.5 Å². The molecule has 1 aromatic carbocycles. The number of hydrogen-bond donors (Lipinski definition) is 1. The maximum Gasteiger partial charge on any atom is 0.345 e. The number of carbonyl (C=O) groups excluding carboxylic acids is 3. The van der Waals surface area contributed by atoms with Crippen molar-refractivity contribution in [2.24, 2.45) is 11.8 Å². The molecule has 1 saturated carbocycles. The molecule has 6 nitrogen and oxygen atoms in total. The molecule has 2 rings (SSSR count). The molecule has 0 spiro atoms. The minimum atomic E-state index is -1.71. The molecule has 3 unspecified atom stereocenters. The molecule has 3 atom stereocenters. The largest absolute Gasteiger partial charge is 0.461 e. The molecule has 0 aliphatic heterocycles. The smallest absolute Gasteiger partial charge is 0.345 e. The van der Waals surface area contributed by atoms with Gasteiger partial charge in [0.15, 0.2) is 5.60 Å². The topological polar surface area (TPSA) is 89.9 Å². The molecule has 26 heavy (non-hydrogen) atoms. The first-order valence-corrected chi connectivity index (χ1v) is 9.04. The number of benzene rings is 1. The summed E-state index contributed by atoms with van der Waals surface area (Å²) in [5, 5.41) is 9.91. The SMILES string of the molecule is CCC(C)(O)C(=O)OC(=O)C1CCCCC1C(=O)OCc1ccccc1. The molecule has 0 saturated heterocycles. The third-order valence-electron chi connectivity index (χ3n) is 4.92. The maximum absolute atomic E-state index is 12.5. The summed E-state index contributed by atoms with van der Waals surface area (Å²) in [4.78, 5) is 36.8. The Balaban J connectivity index is 1.98. The van der Waals surface area contributed by atoms with Gasteiger partial charge in [-0.05, 0) is 31.7 Å². The lowest BCUT2D eigenvalue weighted by Gasteiger charge is -2.29. The predicted octanol–water partition coefficient (Wildman–Crippen LogP) is 2.77. The molecule has 1 N–H and O–H groups in total. The van der Waals surface area contributed by atoms with E-state index in [9.17, 15) is 19.5 Å². The van der Waals surface area contributed by atoms with Crippen LogP contribution >= 0.6 is 0 Å². The lowest BCUT2D eigenvalue weighted by Crippen LogP contribution is -2.41. The van der Waals surface area contributed by atoms with E-state index in [1.54, 1.807) is 6.92 Å². The van der Waals surface area contributed by atoms with E-state index in [-0.39, 0.29) is 13.0 Å². The summed E-state index contributed by atoms with van der Waals surface area (Å²) >= 11 is 0. The van der Waals surface area contributed by atoms with E-state index in [2.05, 4.69) is 0 Å². The van der Waals surface area contributed by atoms with Crippen LogP contribution in [0.4, 0.5) is 0 Å². The standard InChI is InChI=1S/C20H26O6/c1-3-20(2,24)19(23)26-18(22)16-12-8-7-11-15(16)17(21)25-13-14-9-5-4-6-10-14/h4-6,9-10,15-16,24H,3,7-8,11-13H2,1-2H3. The van der Waals surface area contributed by atoms with Gasteiger partial charge in [0, 0.05) is 0 Å². The summed E-state index contributed by atoms with van der Waals surface area (Å²) in [5.41, 5.74) is -0.849. The molecule has 0 heterocycles. The zero-order valence-electron chi connectivity index (χ0n) is 15.3. The zero-order chi connectivity index (χ0) is 19.2. The van der Waals surface area contributed by atoms with Crippen molar-refractivity contribution >= 4 is 17.9 Å². The first kappa shape index (κ1) is 20.1. The second-order valence-corrected chi connectivity index (χ2v) is 6.93. The first-order valence-electron chi connectivity index (χ1n) is 9.04. The van der Waals surface area contributed by atoms with Crippen LogP contribution in [-0.2, 0) is 30.5 Å². The summed E-state index contributed by atoms with van der Waals surface area (Å²) in [5.74, 6) is -3.54. The van der Waals surface area contributed by atoms with E-state index < -0.39 is 35.3 Å². The highest BCUT2D eigenvalue weighted by Crippen LogP contribution is 2.32. The van der Waals surface area contributed by atoms with Gasteiger partial charge in [-0.25, -0.2) is 4.79 Å². The van der Waals surface area contributed by atoms with Gasteiger partial charge in [0.2, 0.25) is 0 Å². The van der Waals surface area contributed by atoms with Gasteiger partial charge in [-0.3, -0.25) is 9.59 Å². The molecule has 0 amide bonds. The average molecular weight is 362 g/mol. The molecule has 6 heteroatoms. The summed E-state index contributed by atoms with van der Waals surface area (Å²) in [6.45, 7) is 3.06. The van der Waals surface area contributed by atoms with E-state index in [1.807, 2.05) is 30.3 Å². The van der Waals surface area contributed by atoms with Crippen molar-refractivity contribution in [1.29, 1.82) is 0 Å². The molecular formula is C20H26O6. The molecular weight excluding hydrogens is 336 g/mol. The molecule has 1 fully saturated rings. The molecule has 1 aliphatic rings. The second-order valence-electron chi connectivity index (χ2n) is 6.93. The molecule has 1 aliphatic carbocycles. The van der Waals surface area contributed by atoms with Crippen molar-refractivity contribution in [3.8, 4) is 0 Å². The number of aliphatic hydroxyl groups is 1. The van der Waals surface area contributed by atoms with Crippen molar-refractivity contribution in [3.05, 3.63) is 35.9 Å². The van der Waals surface area contributed by atoms with E-state index in [1.165, 1.54) is 6.92 Å². The number of carbonyl (C=O) groups is 3. The van der Waals surface area contributed by atoms with Crippen molar-refractivity contribution in [2.75, 3.05) is 0 Å². The van der Waals surface area contributed by atoms with Crippen molar-refractivity contribution in [2.45, 2.75) is 58.2 Å². The van der Waals surface area contributed by atoms with Crippen LogP contribution in [-0.4, -0.2) is 28.6 Å². The van der Waals surface area contributed by atoms with Gasteiger partial charge in [0.25, 0.3) is 0 Å². The Bertz CT molecular complexity index is 637. The van der Waals surface area contributed by atoms with Gasteiger partial charge in [0.05, 0.1) is 11.8 Å². The summed E-state index contributed by atoms with van der Waals surface area (Å²) in [7, 11) is 0. The molecule has 0 aromatic heterocycles. The van der Waals surface area contributed by atoms with Gasteiger partial charge in [-0.15, -0.1) is 0 Å². The average Bonchev–Trinajstić information content (AvgIpc) is 2.66. The number of rotatable bonds is 6. The van der Waals surface area contributed by atoms with Gasteiger partial charge < -0.3 is 14.6 Å². The highest BCUT2D eigenvalue weighted by atomic mass is 16.6. The van der Waals surface area contributed by atoms with Crippen LogP contribution in [0.25, 0.3) is 0 Å². The Kier molecular flexibility index (Phi) is 6.91. The first-order chi connectivity index (χ1) is 12.3. The Hall–Kier alpha value is -2.21. The normalized spacial score (nSPS) is 22.1. The number of esters is 3. The number of ether oxygens (including phenoxy) is 2. The minimum absolute atomic E-state index is 0.131. The van der Waals surface area contributed by atoms with Crippen LogP contribution in [0.5, 0.6) is 0 Å². The highest BCUT2D eigenvalue weighted by Gasteiger charge is 2.41. The van der Waals surface area contributed by atoms with Gasteiger partial charge in [-0.2, -0.15) is 0 Å². The van der Waals surface area contributed by atoms with Crippen molar-refractivity contribution in [3.63, 3.8) is 0 Å². The third kappa shape index (κ3) is 5.14. The Morgan fingerprint density at radius 2 is 1.65 bits per heavy atom. The molecule has 142 valence electrons. The Morgan fingerprint density at radius 3 is 2.23 bits per heavy atom. The lowest BCUT2D eigenvalue weighted by atomic mass is 9.79. The minimum Gasteiger partial charge on any atom is -0.461 e. The van der Waals surface area contributed by atoms with Crippen molar-refractivity contribution in [1.82, 2.24) is 0 Å². The highest BCUT2D eigenvalue weighted by molar-refractivity contribution is 5.92. The lowest BCUT2D eigenvalue weighted by molar-refractivity contribution is -0.179. The fourth-order valence-corrected chi connectivity index (χ4v) is 2.95. The third-order valence-corrected chi connectivity index (χ3v) is 4.92. The quantitative estimate of drug-likeness (QED) is 0.618. The fourth-order valence-electron chi connectivity index (χ4n) is 2.95. The number of hydrogen-bond acceptors (Lipinski definition) is 6. The molecule has 1 aromatic rings.